The van der Waals surface area contributed by atoms with Crippen LogP contribution in [0.2, 0.25) is 5.02 Å². The molecule has 0 unspecified atom stereocenters. The van der Waals surface area contributed by atoms with Gasteiger partial charge in [0.2, 0.25) is 5.88 Å². The molecule has 122 valence electrons. The van der Waals surface area contributed by atoms with Gasteiger partial charge in [0.05, 0.1) is 6.07 Å². The molecule has 0 bridgehead atoms. The van der Waals surface area contributed by atoms with E-state index in [0.29, 0.717) is 10.8 Å². The van der Waals surface area contributed by atoms with Gasteiger partial charge in [-0.2, -0.15) is 0 Å². The Labute approximate surface area is 141 Å². The van der Waals surface area contributed by atoms with E-state index in [0.717, 1.165) is 21.8 Å². The van der Waals surface area contributed by atoms with E-state index in [1.807, 2.05) is 24.3 Å². The Morgan fingerprint density at radius 1 is 0.958 bits per heavy atom. The highest BCUT2D eigenvalue weighted by Crippen LogP contribution is 2.25. The Kier molecular flexibility index (Phi) is 4.14. The minimum atomic E-state index is -0.879. The van der Waals surface area contributed by atoms with Crippen molar-refractivity contribution in [2.75, 3.05) is 0 Å². The van der Waals surface area contributed by atoms with Crippen molar-refractivity contribution >= 4 is 11.6 Å². The lowest BCUT2D eigenvalue weighted by Gasteiger charge is -2.10. The Morgan fingerprint density at radius 2 is 1.50 bits per heavy atom. The average Bonchev–Trinajstić information content (AvgIpc) is 2.59. The lowest BCUT2D eigenvalue weighted by Crippen LogP contribution is -2.37. The minimum absolute atomic E-state index is 0.0243. The van der Waals surface area contributed by atoms with Crippen LogP contribution in [0.5, 0.6) is 11.6 Å². The smallest absolute Gasteiger partial charge is 0.366 e. The fourth-order valence-corrected chi connectivity index (χ4v) is 2.30. The van der Waals surface area contributed by atoms with Crippen LogP contribution in [-0.2, 0) is 7.05 Å². The summed E-state index contributed by atoms with van der Waals surface area (Å²) in [5, 5.41) is 9.93. The molecule has 0 aliphatic carbocycles. The van der Waals surface area contributed by atoms with E-state index in [4.69, 9.17) is 16.3 Å². The number of nitrogens with zero attached hydrogens (tertiary/aromatic N) is 2. The first-order chi connectivity index (χ1) is 11.5. The minimum Gasteiger partial charge on any atom is -0.440 e. The van der Waals surface area contributed by atoms with Gasteiger partial charge in [0.15, 0.2) is 0 Å². The van der Waals surface area contributed by atoms with Gasteiger partial charge in [0.1, 0.15) is 5.75 Å². The summed E-state index contributed by atoms with van der Waals surface area (Å²) in [7, 11) is 1.39. The summed E-state index contributed by atoms with van der Waals surface area (Å²) < 4.78 is 6.61. The van der Waals surface area contributed by atoms with Gasteiger partial charge in [-0.25, -0.2) is 4.79 Å². The molecule has 0 atom stereocenters. The summed E-state index contributed by atoms with van der Waals surface area (Å²) >= 11 is 5.87. The molecule has 6 nitrogen and oxygen atoms in total. The van der Waals surface area contributed by atoms with E-state index < -0.39 is 11.2 Å². The number of hydrogen-bond donors (Lipinski definition) is 1. The molecule has 0 spiro atoms. The molecule has 3 rings (SSSR count). The van der Waals surface area contributed by atoms with Crippen molar-refractivity contribution in [2.24, 2.45) is 7.05 Å². The van der Waals surface area contributed by atoms with Crippen molar-refractivity contribution < 1.29 is 9.94 Å². The highest BCUT2D eigenvalue weighted by atomic mass is 35.5. The van der Waals surface area contributed by atoms with Crippen LogP contribution in [0.15, 0.2) is 64.2 Å². The van der Waals surface area contributed by atoms with Gasteiger partial charge in [-0.3, -0.25) is 9.36 Å². The normalized spacial score (nSPS) is 10.6. The van der Waals surface area contributed by atoms with Gasteiger partial charge in [0.25, 0.3) is 5.56 Å². The summed E-state index contributed by atoms with van der Waals surface area (Å²) in [4.78, 5) is 23.1. The maximum absolute atomic E-state index is 11.7. The quantitative estimate of drug-likeness (QED) is 0.741. The van der Waals surface area contributed by atoms with Crippen molar-refractivity contribution in [1.29, 1.82) is 0 Å². The second kappa shape index (κ2) is 6.25. The number of aromatic nitrogens is 2. The fraction of sp³-hybridized carbons (Fsp3) is 0.0588. The van der Waals surface area contributed by atoms with Crippen LogP contribution in [0, 0.1) is 0 Å². The zero-order chi connectivity index (χ0) is 17.3. The molecule has 0 radical (unpaired) electrons. The molecule has 0 saturated heterocycles. The molecule has 0 aliphatic rings. The van der Waals surface area contributed by atoms with E-state index in [1.165, 1.54) is 7.05 Å². The first kappa shape index (κ1) is 15.9. The van der Waals surface area contributed by atoms with E-state index in [9.17, 15) is 14.8 Å². The molecule has 24 heavy (non-hydrogen) atoms. The van der Waals surface area contributed by atoms with Gasteiger partial charge >= 0.3 is 5.69 Å². The molecular formula is C17H13ClN2O4. The second-order valence-corrected chi connectivity index (χ2v) is 5.54. The van der Waals surface area contributed by atoms with Crippen LogP contribution in [-0.4, -0.2) is 14.5 Å². The van der Waals surface area contributed by atoms with Gasteiger partial charge in [-0.15, -0.1) is 0 Å². The lowest BCUT2D eigenvalue weighted by atomic mass is 10.1. The zero-order valence-corrected chi connectivity index (χ0v) is 13.4. The molecule has 3 aromatic rings. The standard InChI is InChI=1S/C17H13ClN2O4/c1-19-16(10-15(21)20(23)17(19)22)24-14-8-4-12(5-9-14)11-2-6-13(18)7-3-11/h2-10,23H,1H3. The summed E-state index contributed by atoms with van der Waals surface area (Å²) in [5.41, 5.74) is 0.237. The summed E-state index contributed by atoms with van der Waals surface area (Å²) in [6.07, 6.45) is 0. The number of rotatable bonds is 3. The molecule has 1 aromatic heterocycles. The zero-order valence-electron chi connectivity index (χ0n) is 12.6. The third-order valence-electron chi connectivity index (χ3n) is 3.51. The highest BCUT2D eigenvalue weighted by molar-refractivity contribution is 6.30. The Bertz CT molecular complexity index is 989. The van der Waals surface area contributed by atoms with Crippen LogP contribution in [0.25, 0.3) is 11.1 Å². The predicted octanol–water partition coefficient (Wildman–Crippen LogP) is 2.90. The summed E-state index contributed by atoms with van der Waals surface area (Å²) in [6.45, 7) is 0. The molecule has 1 heterocycles. The number of halogens is 1. The maximum Gasteiger partial charge on any atom is 0.366 e. The first-order valence-electron chi connectivity index (χ1n) is 7.02. The molecule has 0 aliphatic heterocycles. The SMILES string of the molecule is Cn1c(Oc2ccc(-c3ccc(Cl)cc3)cc2)cc(=O)n(O)c1=O. The van der Waals surface area contributed by atoms with Crippen LogP contribution < -0.4 is 16.0 Å². The number of hydrogen-bond acceptors (Lipinski definition) is 4. The molecule has 0 fully saturated rings. The molecule has 0 amide bonds. The largest absolute Gasteiger partial charge is 0.440 e. The van der Waals surface area contributed by atoms with Crippen LogP contribution in [0.1, 0.15) is 0 Å². The van der Waals surface area contributed by atoms with Gasteiger partial charge in [-0.05, 0) is 35.4 Å². The highest BCUT2D eigenvalue weighted by Gasteiger charge is 2.09. The molecule has 7 heteroatoms. The molecule has 1 N–H and O–H groups in total. The summed E-state index contributed by atoms with van der Waals surface area (Å²) in [5.74, 6) is 0.493. The fourth-order valence-electron chi connectivity index (χ4n) is 2.17. The third-order valence-corrected chi connectivity index (χ3v) is 3.76. The van der Waals surface area contributed by atoms with Crippen LogP contribution >= 0.6 is 11.6 Å². The molecular weight excluding hydrogens is 332 g/mol. The monoisotopic (exact) mass is 344 g/mol. The third kappa shape index (κ3) is 3.04. The van der Waals surface area contributed by atoms with Crippen molar-refractivity contribution in [1.82, 2.24) is 9.30 Å². The van der Waals surface area contributed by atoms with Gasteiger partial charge in [-0.1, -0.05) is 40.6 Å². The number of benzene rings is 2. The summed E-state index contributed by atoms with van der Waals surface area (Å²) in [6, 6.07) is 15.6. The number of ether oxygens (including phenoxy) is 1. The van der Waals surface area contributed by atoms with E-state index in [-0.39, 0.29) is 10.6 Å². The second-order valence-electron chi connectivity index (χ2n) is 5.11. The topological polar surface area (TPSA) is 73.5 Å². The Hall–Kier alpha value is -2.99. The van der Waals surface area contributed by atoms with Crippen LogP contribution in [0.4, 0.5) is 0 Å². The van der Waals surface area contributed by atoms with E-state index in [1.54, 1.807) is 24.3 Å². The average molecular weight is 345 g/mol. The molecule has 0 saturated carbocycles. The van der Waals surface area contributed by atoms with Gasteiger partial charge < -0.3 is 9.94 Å². The lowest BCUT2D eigenvalue weighted by molar-refractivity contribution is 0.153. The van der Waals surface area contributed by atoms with E-state index >= 15 is 0 Å². The van der Waals surface area contributed by atoms with Crippen molar-refractivity contribution in [2.45, 2.75) is 0 Å². The van der Waals surface area contributed by atoms with Crippen LogP contribution in [0.3, 0.4) is 0 Å². The van der Waals surface area contributed by atoms with Crippen molar-refractivity contribution in [3.8, 4) is 22.8 Å². The Morgan fingerprint density at radius 3 is 2.08 bits per heavy atom. The predicted molar refractivity (Wildman–Crippen MR) is 90.1 cm³/mol. The van der Waals surface area contributed by atoms with E-state index in [2.05, 4.69) is 0 Å². The Balaban J connectivity index is 1.89. The van der Waals surface area contributed by atoms with Crippen molar-refractivity contribution in [3.63, 3.8) is 0 Å². The van der Waals surface area contributed by atoms with Crippen molar-refractivity contribution in [3.05, 3.63) is 80.5 Å². The van der Waals surface area contributed by atoms with Gasteiger partial charge in [0, 0.05) is 12.1 Å². The first-order valence-corrected chi connectivity index (χ1v) is 7.40. The maximum atomic E-state index is 11.7. The molecule has 2 aromatic carbocycles.